The topological polar surface area (TPSA) is 99.6 Å². The highest BCUT2D eigenvalue weighted by atomic mass is 32.2. The number of aromatic carboxylic acids is 1. The molecule has 0 aliphatic carbocycles. The molecule has 112 valence electrons. The minimum Gasteiger partial charge on any atom is -0.477 e. The van der Waals surface area contributed by atoms with Gasteiger partial charge in [-0.3, -0.25) is 4.72 Å². The van der Waals surface area contributed by atoms with Gasteiger partial charge in [-0.05, 0) is 18.2 Å². The fourth-order valence-corrected chi connectivity index (χ4v) is 3.65. The van der Waals surface area contributed by atoms with Crippen LogP contribution < -0.4 is 9.62 Å². The largest absolute Gasteiger partial charge is 0.477 e. The van der Waals surface area contributed by atoms with Crippen LogP contribution in [0.4, 0.5) is 11.5 Å². The van der Waals surface area contributed by atoms with Gasteiger partial charge in [-0.2, -0.15) is 0 Å². The number of nitrogens with zero attached hydrogens (tertiary/aromatic N) is 2. The van der Waals surface area contributed by atoms with E-state index in [1.165, 1.54) is 11.6 Å². The standard InChI is InChI=1S/C12H13N3O4S2/c1-15(2)11-4-3-8(6-13-11)14-21(18,19)9-5-10(12(16)17)20-7-9/h3-7,14H,1-2H3,(H,16,17). The minimum atomic E-state index is -3.82. The number of carbonyl (C=O) groups is 1. The Bertz CT molecular complexity index is 751. The van der Waals surface area contributed by atoms with Gasteiger partial charge in [0.2, 0.25) is 0 Å². The van der Waals surface area contributed by atoms with Gasteiger partial charge in [-0.25, -0.2) is 18.2 Å². The van der Waals surface area contributed by atoms with Gasteiger partial charge in [0.15, 0.2) is 0 Å². The Morgan fingerprint density at radius 1 is 1.38 bits per heavy atom. The van der Waals surface area contributed by atoms with Crippen LogP contribution in [0.1, 0.15) is 9.67 Å². The highest BCUT2D eigenvalue weighted by molar-refractivity contribution is 7.92. The van der Waals surface area contributed by atoms with E-state index < -0.39 is 16.0 Å². The maximum atomic E-state index is 12.1. The van der Waals surface area contributed by atoms with Crippen LogP contribution in [-0.2, 0) is 10.0 Å². The summed E-state index contributed by atoms with van der Waals surface area (Å²) in [4.78, 5) is 16.6. The van der Waals surface area contributed by atoms with Crippen LogP contribution in [0.15, 0.2) is 34.7 Å². The molecule has 2 heterocycles. The van der Waals surface area contributed by atoms with Gasteiger partial charge in [0.1, 0.15) is 10.7 Å². The highest BCUT2D eigenvalue weighted by Gasteiger charge is 2.18. The maximum Gasteiger partial charge on any atom is 0.345 e. The molecule has 0 unspecified atom stereocenters. The van der Waals surface area contributed by atoms with Gasteiger partial charge in [0.05, 0.1) is 16.8 Å². The number of hydrogen-bond acceptors (Lipinski definition) is 6. The lowest BCUT2D eigenvalue weighted by Gasteiger charge is -2.12. The van der Waals surface area contributed by atoms with E-state index >= 15 is 0 Å². The van der Waals surface area contributed by atoms with Gasteiger partial charge in [-0.15, -0.1) is 11.3 Å². The molecule has 21 heavy (non-hydrogen) atoms. The molecule has 0 spiro atoms. The summed E-state index contributed by atoms with van der Waals surface area (Å²) in [6.45, 7) is 0. The summed E-state index contributed by atoms with van der Waals surface area (Å²) in [5, 5.41) is 10.1. The first-order valence-corrected chi connectivity index (χ1v) is 8.14. The molecule has 0 bridgehead atoms. The van der Waals surface area contributed by atoms with E-state index in [1.54, 1.807) is 17.0 Å². The molecule has 0 saturated carbocycles. The zero-order valence-corrected chi connectivity index (χ0v) is 12.9. The average Bonchev–Trinajstić information content (AvgIpc) is 2.89. The fourth-order valence-electron chi connectivity index (χ4n) is 1.50. The summed E-state index contributed by atoms with van der Waals surface area (Å²) in [6.07, 6.45) is 1.40. The van der Waals surface area contributed by atoms with Crippen LogP contribution in [0.25, 0.3) is 0 Å². The lowest BCUT2D eigenvalue weighted by Crippen LogP contribution is -2.14. The third-order valence-electron chi connectivity index (χ3n) is 2.55. The van der Waals surface area contributed by atoms with E-state index in [-0.39, 0.29) is 9.77 Å². The molecule has 7 nitrogen and oxygen atoms in total. The molecule has 0 radical (unpaired) electrons. The van der Waals surface area contributed by atoms with Crippen molar-refractivity contribution >= 4 is 38.8 Å². The molecule has 0 amide bonds. The lowest BCUT2D eigenvalue weighted by atomic mass is 10.4. The van der Waals surface area contributed by atoms with Gasteiger partial charge in [-0.1, -0.05) is 0 Å². The Morgan fingerprint density at radius 3 is 2.57 bits per heavy atom. The van der Waals surface area contributed by atoms with E-state index in [4.69, 9.17) is 5.11 Å². The van der Waals surface area contributed by atoms with Gasteiger partial charge < -0.3 is 10.0 Å². The molecule has 2 aromatic rings. The van der Waals surface area contributed by atoms with Gasteiger partial charge >= 0.3 is 5.97 Å². The first-order valence-electron chi connectivity index (χ1n) is 5.77. The number of aromatic nitrogens is 1. The number of thiophene rings is 1. The number of carboxylic acids is 1. The Hall–Kier alpha value is -2.13. The third kappa shape index (κ3) is 3.50. The Labute approximate surface area is 125 Å². The number of pyridine rings is 1. The number of nitrogens with one attached hydrogen (secondary N) is 1. The summed E-state index contributed by atoms with van der Waals surface area (Å²) in [7, 11) is -0.167. The van der Waals surface area contributed by atoms with E-state index in [1.807, 2.05) is 14.1 Å². The van der Waals surface area contributed by atoms with Crippen molar-refractivity contribution in [1.82, 2.24) is 4.98 Å². The minimum absolute atomic E-state index is 0.0311. The zero-order valence-electron chi connectivity index (χ0n) is 11.3. The Morgan fingerprint density at radius 2 is 2.10 bits per heavy atom. The quantitative estimate of drug-likeness (QED) is 0.867. The molecule has 0 fully saturated rings. The summed E-state index contributed by atoms with van der Waals surface area (Å²) in [6, 6.07) is 4.38. The molecule has 0 aliphatic heterocycles. The molecule has 2 aromatic heterocycles. The van der Waals surface area contributed by atoms with Crippen LogP contribution in [0, 0.1) is 0 Å². The molecule has 0 saturated heterocycles. The van der Waals surface area contributed by atoms with Crippen molar-refractivity contribution in [1.29, 1.82) is 0 Å². The maximum absolute atomic E-state index is 12.1. The molecule has 9 heteroatoms. The molecule has 0 aromatic carbocycles. The predicted octanol–water partition coefficient (Wildman–Crippen LogP) is 1.71. The number of anilines is 2. The van der Waals surface area contributed by atoms with Gasteiger partial charge in [0.25, 0.3) is 10.0 Å². The van der Waals surface area contributed by atoms with Crippen LogP contribution in [-0.4, -0.2) is 38.6 Å². The van der Waals surface area contributed by atoms with Crippen LogP contribution in [0.5, 0.6) is 0 Å². The number of sulfonamides is 1. The third-order valence-corrected chi connectivity index (χ3v) is 4.98. The second-order valence-electron chi connectivity index (χ2n) is 4.36. The lowest BCUT2D eigenvalue weighted by molar-refractivity contribution is 0.0702. The fraction of sp³-hybridized carbons (Fsp3) is 0.167. The monoisotopic (exact) mass is 327 g/mol. The summed E-state index contributed by atoms with van der Waals surface area (Å²) in [5.41, 5.74) is 0.309. The average molecular weight is 327 g/mol. The molecular weight excluding hydrogens is 314 g/mol. The predicted molar refractivity (Wildman–Crippen MR) is 80.7 cm³/mol. The Kier molecular flexibility index (Phi) is 4.14. The number of carboxylic acid groups (broad SMARTS) is 1. The molecular formula is C12H13N3O4S2. The van der Waals surface area contributed by atoms with Crippen molar-refractivity contribution in [3.05, 3.63) is 34.7 Å². The van der Waals surface area contributed by atoms with Crippen molar-refractivity contribution in [2.24, 2.45) is 0 Å². The van der Waals surface area contributed by atoms with Crippen molar-refractivity contribution in [2.45, 2.75) is 4.90 Å². The summed E-state index contributed by atoms with van der Waals surface area (Å²) in [5.74, 6) is -0.458. The first-order chi connectivity index (χ1) is 9.79. The summed E-state index contributed by atoms with van der Waals surface area (Å²) < 4.78 is 26.6. The van der Waals surface area contributed by atoms with Crippen molar-refractivity contribution in [2.75, 3.05) is 23.7 Å². The van der Waals surface area contributed by atoms with E-state index in [0.29, 0.717) is 11.5 Å². The SMILES string of the molecule is CN(C)c1ccc(NS(=O)(=O)c2csc(C(=O)O)c2)cn1. The van der Waals surface area contributed by atoms with E-state index in [9.17, 15) is 13.2 Å². The molecule has 0 aliphatic rings. The normalized spacial score (nSPS) is 11.1. The van der Waals surface area contributed by atoms with Crippen molar-refractivity contribution in [3.8, 4) is 0 Å². The highest BCUT2D eigenvalue weighted by Crippen LogP contribution is 2.22. The number of hydrogen-bond donors (Lipinski definition) is 2. The smallest absolute Gasteiger partial charge is 0.345 e. The van der Waals surface area contributed by atoms with Crippen molar-refractivity contribution in [3.63, 3.8) is 0 Å². The molecule has 2 N–H and O–H groups in total. The molecule has 0 atom stereocenters. The number of rotatable bonds is 5. The van der Waals surface area contributed by atoms with Crippen LogP contribution >= 0.6 is 11.3 Å². The zero-order chi connectivity index (χ0) is 15.6. The van der Waals surface area contributed by atoms with E-state index in [2.05, 4.69) is 9.71 Å². The summed E-state index contributed by atoms with van der Waals surface area (Å²) >= 11 is 0.860. The second-order valence-corrected chi connectivity index (χ2v) is 6.95. The van der Waals surface area contributed by atoms with Gasteiger partial charge in [0, 0.05) is 19.5 Å². The Balaban J connectivity index is 2.22. The second kappa shape index (κ2) is 5.70. The van der Waals surface area contributed by atoms with Crippen LogP contribution in [0.2, 0.25) is 0 Å². The van der Waals surface area contributed by atoms with E-state index in [0.717, 1.165) is 17.4 Å². The van der Waals surface area contributed by atoms with Crippen LogP contribution in [0.3, 0.4) is 0 Å². The molecule has 2 rings (SSSR count). The van der Waals surface area contributed by atoms with Crippen molar-refractivity contribution < 1.29 is 18.3 Å². The first kappa shape index (κ1) is 15.3.